The lowest BCUT2D eigenvalue weighted by Gasteiger charge is -2.28. The standard InChI is InChI=1S/C5H11NOS2/c8-5(9)6-1-3-7-4-2-6/h5,8-9H,1-4H2. The SMILES string of the molecule is SC(S)N1CCOCC1. The third kappa shape index (κ3) is 2.37. The quantitative estimate of drug-likeness (QED) is 0.433. The van der Waals surface area contributed by atoms with Gasteiger partial charge in [0.2, 0.25) is 0 Å². The minimum absolute atomic E-state index is 0.0777. The fraction of sp³-hybridized carbons (Fsp3) is 1.00. The van der Waals surface area contributed by atoms with E-state index in [1.165, 1.54) is 0 Å². The van der Waals surface area contributed by atoms with E-state index in [2.05, 4.69) is 30.2 Å². The molecule has 1 heterocycles. The number of hydrogen-bond acceptors (Lipinski definition) is 4. The Balaban J connectivity index is 2.23. The zero-order valence-electron chi connectivity index (χ0n) is 5.16. The molecule has 4 heteroatoms. The predicted octanol–water partition coefficient (Wildman–Crippen LogP) is 0.462. The van der Waals surface area contributed by atoms with E-state index in [0.717, 1.165) is 26.3 Å². The Hall–Kier alpha value is 0.620. The van der Waals surface area contributed by atoms with Gasteiger partial charge in [-0.1, -0.05) is 0 Å². The molecule has 0 atom stereocenters. The lowest BCUT2D eigenvalue weighted by atomic mass is 10.5. The molecule has 9 heavy (non-hydrogen) atoms. The molecule has 1 aliphatic heterocycles. The monoisotopic (exact) mass is 165 g/mol. The Morgan fingerprint density at radius 1 is 1.22 bits per heavy atom. The van der Waals surface area contributed by atoms with Crippen LogP contribution >= 0.6 is 25.3 Å². The molecule has 0 unspecified atom stereocenters. The maximum absolute atomic E-state index is 5.14. The molecule has 1 fully saturated rings. The molecule has 0 aromatic rings. The van der Waals surface area contributed by atoms with E-state index in [1.807, 2.05) is 0 Å². The zero-order chi connectivity index (χ0) is 6.69. The molecule has 2 nitrogen and oxygen atoms in total. The van der Waals surface area contributed by atoms with Gasteiger partial charge in [-0.25, -0.2) is 0 Å². The van der Waals surface area contributed by atoms with Crippen LogP contribution in [0.15, 0.2) is 0 Å². The Morgan fingerprint density at radius 2 is 1.78 bits per heavy atom. The van der Waals surface area contributed by atoms with Gasteiger partial charge in [0.25, 0.3) is 0 Å². The Labute approximate surface area is 66.4 Å². The minimum Gasteiger partial charge on any atom is -0.379 e. The summed E-state index contributed by atoms with van der Waals surface area (Å²) in [6.45, 7) is 3.55. The summed E-state index contributed by atoms with van der Waals surface area (Å²) in [6, 6.07) is 0. The van der Waals surface area contributed by atoms with Gasteiger partial charge in [0.05, 0.1) is 17.9 Å². The van der Waals surface area contributed by atoms with Gasteiger partial charge in [-0.2, -0.15) is 0 Å². The summed E-state index contributed by atoms with van der Waals surface area (Å²) in [5.41, 5.74) is 0. The van der Waals surface area contributed by atoms with Crippen molar-refractivity contribution in [1.29, 1.82) is 0 Å². The maximum atomic E-state index is 5.14. The van der Waals surface area contributed by atoms with Crippen molar-refractivity contribution < 1.29 is 4.74 Å². The fourth-order valence-corrected chi connectivity index (χ4v) is 1.27. The second-order valence-electron chi connectivity index (χ2n) is 1.99. The zero-order valence-corrected chi connectivity index (χ0v) is 6.94. The van der Waals surface area contributed by atoms with Gasteiger partial charge in [-0.05, 0) is 0 Å². The first-order valence-corrected chi connectivity index (χ1v) is 4.02. The summed E-state index contributed by atoms with van der Waals surface area (Å²) in [4.78, 5) is 2.16. The van der Waals surface area contributed by atoms with Crippen LogP contribution in [-0.2, 0) is 4.74 Å². The van der Waals surface area contributed by atoms with E-state index in [9.17, 15) is 0 Å². The summed E-state index contributed by atoms with van der Waals surface area (Å²) in [7, 11) is 0. The largest absolute Gasteiger partial charge is 0.379 e. The van der Waals surface area contributed by atoms with E-state index in [-0.39, 0.29) is 4.71 Å². The normalized spacial score (nSPS) is 23.0. The second kappa shape index (κ2) is 3.71. The van der Waals surface area contributed by atoms with Gasteiger partial charge in [0.15, 0.2) is 0 Å². The molecule has 0 aliphatic carbocycles. The van der Waals surface area contributed by atoms with E-state index >= 15 is 0 Å². The molecule has 54 valence electrons. The van der Waals surface area contributed by atoms with Crippen molar-refractivity contribution in [2.45, 2.75) is 4.71 Å². The second-order valence-corrected chi connectivity index (χ2v) is 3.38. The average molecular weight is 165 g/mol. The summed E-state index contributed by atoms with van der Waals surface area (Å²) in [5.74, 6) is 0. The molecule has 0 aromatic carbocycles. The number of hydrogen-bond donors (Lipinski definition) is 2. The molecule has 1 rings (SSSR count). The van der Waals surface area contributed by atoms with Gasteiger partial charge in [-0.15, -0.1) is 25.3 Å². The summed E-state index contributed by atoms with van der Waals surface area (Å²) < 4.78 is 5.22. The number of thiol groups is 2. The third-order valence-corrected chi connectivity index (χ3v) is 2.03. The molecule has 0 bridgehead atoms. The van der Waals surface area contributed by atoms with Crippen molar-refractivity contribution in [3.63, 3.8) is 0 Å². The van der Waals surface area contributed by atoms with Gasteiger partial charge in [-0.3, -0.25) is 4.90 Å². The lowest BCUT2D eigenvalue weighted by Crippen LogP contribution is -2.38. The van der Waals surface area contributed by atoms with E-state index in [1.54, 1.807) is 0 Å². The minimum atomic E-state index is 0.0777. The number of nitrogens with zero attached hydrogens (tertiary/aromatic N) is 1. The Kier molecular flexibility index (Phi) is 3.18. The summed E-state index contributed by atoms with van der Waals surface area (Å²) in [5, 5.41) is 0. The molecule has 0 N–H and O–H groups in total. The van der Waals surface area contributed by atoms with Crippen LogP contribution in [0.4, 0.5) is 0 Å². The molecule has 0 radical (unpaired) electrons. The molecular weight excluding hydrogens is 154 g/mol. The van der Waals surface area contributed by atoms with Gasteiger partial charge < -0.3 is 4.74 Å². The van der Waals surface area contributed by atoms with E-state index in [4.69, 9.17) is 4.74 Å². The van der Waals surface area contributed by atoms with Crippen LogP contribution in [0.25, 0.3) is 0 Å². The van der Waals surface area contributed by atoms with Crippen LogP contribution in [0.2, 0.25) is 0 Å². The Bertz CT molecular complexity index is 83.0. The van der Waals surface area contributed by atoms with Crippen LogP contribution in [0.1, 0.15) is 0 Å². The molecule has 1 saturated heterocycles. The van der Waals surface area contributed by atoms with Crippen LogP contribution in [0, 0.1) is 0 Å². The van der Waals surface area contributed by atoms with Gasteiger partial charge in [0, 0.05) is 13.1 Å². The molecule has 0 amide bonds. The van der Waals surface area contributed by atoms with Crippen LogP contribution < -0.4 is 0 Å². The molecule has 1 aliphatic rings. The number of ether oxygens (including phenoxy) is 1. The van der Waals surface area contributed by atoms with Crippen molar-refractivity contribution in [2.75, 3.05) is 26.3 Å². The molecule has 0 aromatic heterocycles. The van der Waals surface area contributed by atoms with Crippen LogP contribution in [0.3, 0.4) is 0 Å². The third-order valence-electron chi connectivity index (χ3n) is 1.37. The average Bonchev–Trinajstić information content (AvgIpc) is 1.90. The highest BCUT2D eigenvalue weighted by Crippen LogP contribution is 2.09. The smallest absolute Gasteiger partial charge is 0.0971 e. The highest BCUT2D eigenvalue weighted by Gasteiger charge is 2.13. The topological polar surface area (TPSA) is 12.5 Å². The van der Waals surface area contributed by atoms with Crippen LogP contribution in [-0.4, -0.2) is 35.9 Å². The fourth-order valence-electron chi connectivity index (χ4n) is 0.808. The molecule has 0 spiro atoms. The number of rotatable bonds is 1. The number of morpholine rings is 1. The highest BCUT2D eigenvalue weighted by atomic mass is 32.2. The van der Waals surface area contributed by atoms with E-state index < -0.39 is 0 Å². The maximum Gasteiger partial charge on any atom is 0.0971 e. The van der Waals surface area contributed by atoms with E-state index in [0.29, 0.717) is 0 Å². The molecule has 0 saturated carbocycles. The van der Waals surface area contributed by atoms with Crippen molar-refractivity contribution in [1.82, 2.24) is 4.90 Å². The van der Waals surface area contributed by atoms with Crippen molar-refractivity contribution in [2.24, 2.45) is 0 Å². The van der Waals surface area contributed by atoms with Crippen LogP contribution in [0.5, 0.6) is 0 Å². The molecular formula is C5H11NOS2. The first-order chi connectivity index (χ1) is 4.30. The van der Waals surface area contributed by atoms with Gasteiger partial charge >= 0.3 is 0 Å². The Morgan fingerprint density at radius 3 is 2.11 bits per heavy atom. The van der Waals surface area contributed by atoms with Crippen molar-refractivity contribution >= 4 is 25.3 Å². The summed E-state index contributed by atoms with van der Waals surface area (Å²) >= 11 is 8.35. The van der Waals surface area contributed by atoms with Crippen molar-refractivity contribution in [3.8, 4) is 0 Å². The first-order valence-electron chi connectivity index (χ1n) is 2.98. The highest BCUT2D eigenvalue weighted by molar-refractivity contribution is 7.99. The van der Waals surface area contributed by atoms with Gasteiger partial charge in [0.1, 0.15) is 0 Å². The predicted molar refractivity (Wildman–Crippen MR) is 44.2 cm³/mol. The summed E-state index contributed by atoms with van der Waals surface area (Å²) in [6.07, 6.45) is 0. The first kappa shape index (κ1) is 7.72. The lowest BCUT2D eigenvalue weighted by molar-refractivity contribution is 0.0438. The van der Waals surface area contributed by atoms with Crippen molar-refractivity contribution in [3.05, 3.63) is 0 Å².